The van der Waals surface area contributed by atoms with Crippen molar-refractivity contribution >= 4 is 22.5 Å². The summed E-state index contributed by atoms with van der Waals surface area (Å²) >= 11 is 0. The third-order valence-corrected chi connectivity index (χ3v) is 5.84. The smallest absolute Gasteiger partial charge is 0.270 e. The molecule has 0 spiro atoms. The van der Waals surface area contributed by atoms with Crippen molar-refractivity contribution in [1.29, 1.82) is 0 Å². The van der Waals surface area contributed by atoms with Crippen LogP contribution in [0.15, 0.2) is 24.4 Å². The number of hydrogen-bond acceptors (Lipinski definition) is 6. The fourth-order valence-electron chi connectivity index (χ4n) is 4.43. The Labute approximate surface area is 169 Å². The lowest BCUT2D eigenvalue weighted by Gasteiger charge is -2.39. The van der Waals surface area contributed by atoms with Crippen molar-refractivity contribution in [3.63, 3.8) is 0 Å². The van der Waals surface area contributed by atoms with Gasteiger partial charge in [0, 0.05) is 49.6 Å². The number of morpholine rings is 1. The molecule has 1 amide bonds. The van der Waals surface area contributed by atoms with Gasteiger partial charge in [-0.15, -0.1) is 0 Å². The molecular formula is C20H27N5O4. The van der Waals surface area contributed by atoms with Crippen LogP contribution in [-0.4, -0.2) is 68.8 Å². The molecule has 3 heterocycles. The van der Waals surface area contributed by atoms with E-state index in [9.17, 15) is 14.9 Å². The molecule has 1 aromatic carbocycles. The quantitative estimate of drug-likeness (QED) is 0.576. The van der Waals surface area contributed by atoms with E-state index >= 15 is 0 Å². The van der Waals surface area contributed by atoms with Gasteiger partial charge in [0.15, 0.2) is 0 Å². The molecule has 2 fully saturated rings. The van der Waals surface area contributed by atoms with Crippen molar-refractivity contribution in [2.24, 2.45) is 5.92 Å². The van der Waals surface area contributed by atoms with Crippen LogP contribution >= 0.6 is 0 Å². The Balaban J connectivity index is 1.35. The van der Waals surface area contributed by atoms with Gasteiger partial charge in [0.2, 0.25) is 5.91 Å². The van der Waals surface area contributed by atoms with Crippen molar-refractivity contribution in [2.45, 2.75) is 45.6 Å². The zero-order chi connectivity index (χ0) is 20.5. The van der Waals surface area contributed by atoms with Gasteiger partial charge in [-0.3, -0.25) is 24.5 Å². The van der Waals surface area contributed by atoms with Gasteiger partial charge < -0.3 is 9.64 Å². The molecule has 0 radical (unpaired) electrons. The third-order valence-electron chi connectivity index (χ3n) is 5.84. The van der Waals surface area contributed by atoms with E-state index in [1.165, 1.54) is 6.07 Å². The van der Waals surface area contributed by atoms with Crippen LogP contribution in [0.25, 0.3) is 10.9 Å². The number of piperidine rings is 1. The summed E-state index contributed by atoms with van der Waals surface area (Å²) in [4.78, 5) is 27.7. The van der Waals surface area contributed by atoms with Gasteiger partial charge in [0.05, 0.1) is 35.5 Å². The second kappa shape index (κ2) is 8.08. The van der Waals surface area contributed by atoms with Crippen LogP contribution in [0.2, 0.25) is 0 Å². The largest absolute Gasteiger partial charge is 0.372 e. The van der Waals surface area contributed by atoms with E-state index in [2.05, 4.69) is 10.00 Å². The van der Waals surface area contributed by atoms with E-state index in [1.54, 1.807) is 18.3 Å². The van der Waals surface area contributed by atoms with Crippen molar-refractivity contribution in [2.75, 3.05) is 26.2 Å². The number of carbonyl (C=O) groups is 1. The second-order valence-electron chi connectivity index (χ2n) is 8.18. The van der Waals surface area contributed by atoms with Crippen LogP contribution in [0.1, 0.15) is 26.7 Å². The average Bonchev–Trinajstić information content (AvgIpc) is 3.09. The van der Waals surface area contributed by atoms with Crippen LogP contribution in [0.5, 0.6) is 0 Å². The van der Waals surface area contributed by atoms with Crippen molar-refractivity contribution in [1.82, 2.24) is 19.6 Å². The molecule has 2 unspecified atom stereocenters. The number of non-ortho nitro benzene ring substituents is 1. The highest BCUT2D eigenvalue weighted by Gasteiger charge is 2.32. The maximum atomic E-state index is 12.9. The summed E-state index contributed by atoms with van der Waals surface area (Å²) in [6.07, 6.45) is 3.52. The first-order chi connectivity index (χ1) is 13.9. The van der Waals surface area contributed by atoms with Crippen LogP contribution in [-0.2, 0) is 16.2 Å². The number of likely N-dealkylation sites (tertiary alicyclic amines) is 1. The average molecular weight is 401 g/mol. The Morgan fingerprint density at radius 1 is 1.24 bits per heavy atom. The van der Waals surface area contributed by atoms with Crippen LogP contribution in [0.4, 0.5) is 5.69 Å². The highest BCUT2D eigenvalue weighted by Crippen LogP contribution is 2.24. The summed E-state index contributed by atoms with van der Waals surface area (Å²) in [5.74, 6) is 0.323. The lowest BCUT2D eigenvalue weighted by molar-refractivity contribution is -0.384. The zero-order valence-electron chi connectivity index (χ0n) is 16.9. The standard InChI is InChI=1S/C20H27N5O4/c1-14-11-23(12-15(2)29-14)20(26)16-5-7-22(8-6-16)13-24-19-4-3-18(25(27)28)9-17(19)10-21-24/h3-4,9-10,14-16H,5-8,11-13H2,1-2H3. The molecule has 9 heteroatoms. The van der Waals surface area contributed by atoms with Gasteiger partial charge in [0.1, 0.15) is 0 Å². The molecule has 9 nitrogen and oxygen atoms in total. The van der Waals surface area contributed by atoms with Crippen molar-refractivity contribution in [3.05, 3.63) is 34.5 Å². The third kappa shape index (κ3) is 4.25. The molecule has 2 aromatic rings. The van der Waals surface area contributed by atoms with Gasteiger partial charge in [-0.25, -0.2) is 0 Å². The van der Waals surface area contributed by atoms with Crippen LogP contribution in [0, 0.1) is 16.0 Å². The predicted octanol–water partition coefficient (Wildman–Crippen LogP) is 2.25. The minimum absolute atomic E-state index is 0.0702. The molecule has 4 rings (SSSR count). The summed E-state index contributed by atoms with van der Waals surface area (Å²) in [5, 5.41) is 16.1. The number of rotatable bonds is 4. The topological polar surface area (TPSA) is 93.7 Å². The number of hydrogen-bond donors (Lipinski definition) is 0. The number of fused-ring (bicyclic) bond motifs is 1. The summed E-state index contributed by atoms with van der Waals surface area (Å²) in [5.41, 5.74) is 0.952. The molecule has 0 N–H and O–H groups in total. The molecule has 2 saturated heterocycles. The molecule has 156 valence electrons. The number of nitrogens with zero attached hydrogens (tertiary/aromatic N) is 5. The maximum Gasteiger partial charge on any atom is 0.270 e. The highest BCUT2D eigenvalue weighted by atomic mass is 16.6. The SMILES string of the molecule is CC1CN(C(=O)C2CCN(Cn3ncc4cc([N+](=O)[O-])ccc43)CC2)CC(C)O1. The number of ether oxygens (including phenoxy) is 1. The van der Waals surface area contributed by atoms with E-state index in [1.807, 2.05) is 23.4 Å². The monoisotopic (exact) mass is 401 g/mol. The molecular weight excluding hydrogens is 374 g/mol. The number of carbonyl (C=O) groups excluding carboxylic acids is 1. The number of nitro benzene ring substituents is 1. The van der Waals surface area contributed by atoms with Crippen molar-refractivity contribution < 1.29 is 14.5 Å². The van der Waals surface area contributed by atoms with Gasteiger partial charge in [-0.2, -0.15) is 5.10 Å². The van der Waals surface area contributed by atoms with Crippen LogP contribution in [0.3, 0.4) is 0 Å². The Kier molecular flexibility index (Phi) is 5.51. The van der Waals surface area contributed by atoms with Crippen LogP contribution < -0.4 is 0 Å². The molecule has 2 aliphatic heterocycles. The van der Waals surface area contributed by atoms with E-state index in [0.29, 0.717) is 19.8 Å². The molecule has 0 bridgehead atoms. The van der Waals surface area contributed by atoms with Crippen molar-refractivity contribution in [3.8, 4) is 0 Å². The molecule has 2 aliphatic rings. The Hall–Kier alpha value is -2.52. The minimum atomic E-state index is -0.394. The fraction of sp³-hybridized carbons (Fsp3) is 0.600. The van der Waals surface area contributed by atoms with Gasteiger partial charge >= 0.3 is 0 Å². The number of aromatic nitrogens is 2. The summed E-state index contributed by atoms with van der Waals surface area (Å²) in [6.45, 7) is 7.67. The number of amides is 1. The lowest BCUT2D eigenvalue weighted by atomic mass is 9.95. The molecule has 2 atom stereocenters. The molecule has 0 saturated carbocycles. The Morgan fingerprint density at radius 2 is 1.93 bits per heavy atom. The lowest BCUT2D eigenvalue weighted by Crippen LogP contribution is -2.51. The summed E-state index contributed by atoms with van der Waals surface area (Å²) in [6, 6.07) is 4.81. The summed E-state index contributed by atoms with van der Waals surface area (Å²) < 4.78 is 7.60. The Morgan fingerprint density at radius 3 is 2.59 bits per heavy atom. The Bertz CT molecular complexity index is 895. The molecule has 0 aliphatic carbocycles. The second-order valence-corrected chi connectivity index (χ2v) is 8.18. The normalized spacial score (nSPS) is 24.1. The summed E-state index contributed by atoms with van der Waals surface area (Å²) in [7, 11) is 0. The zero-order valence-corrected chi connectivity index (χ0v) is 16.9. The number of nitro groups is 1. The van der Waals surface area contributed by atoms with Gasteiger partial charge in [-0.1, -0.05) is 0 Å². The minimum Gasteiger partial charge on any atom is -0.372 e. The van der Waals surface area contributed by atoms with E-state index in [0.717, 1.165) is 36.8 Å². The fourth-order valence-corrected chi connectivity index (χ4v) is 4.43. The van der Waals surface area contributed by atoms with Gasteiger partial charge in [0.25, 0.3) is 5.69 Å². The predicted molar refractivity (Wildman–Crippen MR) is 107 cm³/mol. The number of benzene rings is 1. The van der Waals surface area contributed by atoms with Gasteiger partial charge in [-0.05, 0) is 32.8 Å². The molecule has 29 heavy (non-hydrogen) atoms. The van der Waals surface area contributed by atoms with E-state index < -0.39 is 4.92 Å². The first-order valence-electron chi connectivity index (χ1n) is 10.2. The molecule has 1 aromatic heterocycles. The van der Waals surface area contributed by atoms with E-state index in [-0.39, 0.29) is 29.7 Å². The first-order valence-corrected chi connectivity index (χ1v) is 10.2. The maximum absolute atomic E-state index is 12.9. The van der Waals surface area contributed by atoms with E-state index in [4.69, 9.17) is 4.74 Å². The highest BCUT2D eigenvalue weighted by molar-refractivity contribution is 5.81. The first kappa shape index (κ1) is 19.8.